The molecule has 5 heteroatoms. The van der Waals surface area contributed by atoms with E-state index in [9.17, 15) is 0 Å². The molecular weight excluding hydrogens is 284 g/mol. The lowest BCUT2D eigenvalue weighted by atomic mass is 10.1. The number of anilines is 1. The van der Waals surface area contributed by atoms with Gasteiger partial charge < -0.3 is 13.8 Å². The van der Waals surface area contributed by atoms with Crippen LogP contribution >= 0.6 is 12.2 Å². The van der Waals surface area contributed by atoms with E-state index in [4.69, 9.17) is 8.92 Å². The number of benzene rings is 2. The van der Waals surface area contributed by atoms with Crippen molar-refractivity contribution in [2.45, 2.75) is 6.04 Å². The Balaban J connectivity index is 1.65. The van der Waals surface area contributed by atoms with Gasteiger partial charge in [-0.1, -0.05) is 18.2 Å². The second-order valence-electron chi connectivity index (χ2n) is 5.19. The van der Waals surface area contributed by atoms with Gasteiger partial charge >= 0.3 is 0 Å². The number of ether oxygens (including phenoxy) is 1. The van der Waals surface area contributed by atoms with Gasteiger partial charge in [0.25, 0.3) is 0 Å². The number of fused-ring (bicyclic) bond motifs is 3. The van der Waals surface area contributed by atoms with Crippen LogP contribution in [0.15, 0.2) is 48.5 Å². The van der Waals surface area contributed by atoms with E-state index >= 15 is 0 Å². The SMILES string of the molecule is COc1ccc2c(c1)[C@@H]1CN(c3ccccc3)CN1SO2. The first kappa shape index (κ1) is 12.9. The number of hydrogen-bond donors (Lipinski definition) is 0. The molecule has 0 radical (unpaired) electrons. The molecule has 1 atom stereocenters. The number of para-hydroxylation sites is 1. The van der Waals surface area contributed by atoms with E-state index in [1.165, 1.54) is 23.5 Å². The van der Waals surface area contributed by atoms with E-state index in [-0.39, 0.29) is 0 Å². The minimum absolute atomic E-state index is 0.328. The van der Waals surface area contributed by atoms with Crippen LogP contribution in [0, 0.1) is 0 Å². The minimum atomic E-state index is 0.328. The van der Waals surface area contributed by atoms with Gasteiger partial charge in [-0.2, -0.15) is 4.31 Å². The molecule has 0 spiro atoms. The molecule has 4 rings (SSSR count). The third-order valence-electron chi connectivity index (χ3n) is 3.97. The monoisotopic (exact) mass is 300 g/mol. The first-order chi connectivity index (χ1) is 10.3. The van der Waals surface area contributed by atoms with Crippen LogP contribution in [0.3, 0.4) is 0 Å². The topological polar surface area (TPSA) is 24.9 Å². The van der Waals surface area contributed by atoms with Gasteiger partial charge in [-0.25, -0.2) is 0 Å². The van der Waals surface area contributed by atoms with Crippen molar-refractivity contribution in [1.29, 1.82) is 0 Å². The molecule has 2 aliphatic heterocycles. The van der Waals surface area contributed by atoms with Crippen molar-refractivity contribution in [2.75, 3.05) is 25.2 Å². The zero-order valence-corrected chi connectivity index (χ0v) is 12.5. The molecule has 1 saturated heterocycles. The Hall–Kier alpha value is -1.85. The lowest BCUT2D eigenvalue weighted by Gasteiger charge is -2.28. The number of methoxy groups -OCH3 is 1. The Morgan fingerprint density at radius 2 is 2.05 bits per heavy atom. The average molecular weight is 300 g/mol. The predicted octanol–water partition coefficient (Wildman–Crippen LogP) is 3.47. The van der Waals surface area contributed by atoms with Crippen LogP contribution in [0.1, 0.15) is 11.6 Å². The highest BCUT2D eigenvalue weighted by Crippen LogP contribution is 2.45. The standard InChI is InChI=1S/C16H16N2O2S/c1-19-13-7-8-16-14(9-13)15-10-17(11-18(15)21-20-16)12-5-3-2-4-6-12/h2-9,15H,10-11H2,1H3/t15-/m0/s1. The molecule has 2 aliphatic rings. The molecule has 21 heavy (non-hydrogen) atoms. The van der Waals surface area contributed by atoms with E-state index in [0.717, 1.165) is 24.7 Å². The van der Waals surface area contributed by atoms with Crippen molar-refractivity contribution in [1.82, 2.24) is 4.31 Å². The summed E-state index contributed by atoms with van der Waals surface area (Å²) in [5.41, 5.74) is 2.45. The maximum absolute atomic E-state index is 5.78. The van der Waals surface area contributed by atoms with Crippen molar-refractivity contribution >= 4 is 17.9 Å². The van der Waals surface area contributed by atoms with Gasteiger partial charge in [-0.15, -0.1) is 0 Å². The van der Waals surface area contributed by atoms with E-state index in [1.807, 2.05) is 18.2 Å². The van der Waals surface area contributed by atoms with Gasteiger partial charge in [-0.05, 0) is 30.3 Å². The molecular formula is C16H16N2O2S. The summed E-state index contributed by atoms with van der Waals surface area (Å²) >= 11 is 1.44. The zero-order chi connectivity index (χ0) is 14.2. The summed E-state index contributed by atoms with van der Waals surface area (Å²) in [6.07, 6.45) is 0. The maximum atomic E-state index is 5.78. The normalized spacial score (nSPS) is 20.6. The summed E-state index contributed by atoms with van der Waals surface area (Å²) in [6.45, 7) is 1.82. The van der Waals surface area contributed by atoms with Crippen LogP contribution < -0.4 is 13.8 Å². The van der Waals surface area contributed by atoms with Gasteiger partial charge in [0, 0.05) is 17.8 Å². The highest BCUT2D eigenvalue weighted by Gasteiger charge is 2.38. The molecule has 0 aliphatic carbocycles. The first-order valence-electron chi connectivity index (χ1n) is 6.94. The zero-order valence-electron chi connectivity index (χ0n) is 11.7. The summed E-state index contributed by atoms with van der Waals surface area (Å²) in [6, 6.07) is 16.8. The van der Waals surface area contributed by atoms with Gasteiger partial charge in [0.2, 0.25) is 0 Å². The van der Waals surface area contributed by atoms with Crippen molar-refractivity contribution in [3.63, 3.8) is 0 Å². The van der Waals surface area contributed by atoms with Crippen molar-refractivity contribution in [3.05, 3.63) is 54.1 Å². The van der Waals surface area contributed by atoms with Gasteiger partial charge in [0.05, 0.1) is 19.8 Å². The minimum Gasteiger partial charge on any atom is -0.497 e. The maximum Gasteiger partial charge on any atom is 0.149 e. The molecule has 0 unspecified atom stereocenters. The molecule has 2 aromatic carbocycles. The highest BCUT2D eigenvalue weighted by atomic mass is 32.2. The second kappa shape index (κ2) is 5.16. The lowest BCUT2D eigenvalue weighted by Crippen LogP contribution is -2.23. The molecule has 108 valence electrons. The molecule has 0 bridgehead atoms. The van der Waals surface area contributed by atoms with E-state index < -0.39 is 0 Å². The van der Waals surface area contributed by atoms with E-state index in [2.05, 4.69) is 39.5 Å². The molecule has 0 saturated carbocycles. The quantitative estimate of drug-likeness (QED) is 0.625. The van der Waals surface area contributed by atoms with Crippen LogP contribution in [-0.4, -0.2) is 24.6 Å². The van der Waals surface area contributed by atoms with Gasteiger partial charge in [0.1, 0.15) is 23.7 Å². The molecule has 0 aromatic heterocycles. The Bertz CT molecular complexity index is 650. The molecule has 0 N–H and O–H groups in total. The Labute approximate surface area is 128 Å². The van der Waals surface area contributed by atoms with Crippen LogP contribution in [0.25, 0.3) is 0 Å². The van der Waals surface area contributed by atoms with E-state index in [0.29, 0.717) is 6.04 Å². The molecule has 0 amide bonds. The number of nitrogens with zero attached hydrogens (tertiary/aromatic N) is 2. The lowest BCUT2D eigenvalue weighted by molar-refractivity contribution is 0.388. The third-order valence-corrected chi connectivity index (χ3v) is 4.79. The largest absolute Gasteiger partial charge is 0.497 e. The Morgan fingerprint density at radius 1 is 1.19 bits per heavy atom. The Morgan fingerprint density at radius 3 is 2.86 bits per heavy atom. The molecule has 2 heterocycles. The summed E-state index contributed by atoms with van der Waals surface area (Å²) in [5, 5.41) is 0. The fourth-order valence-corrected chi connectivity index (χ4v) is 3.66. The number of hydrogen-bond acceptors (Lipinski definition) is 5. The fraction of sp³-hybridized carbons (Fsp3) is 0.250. The number of rotatable bonds is 2. The van der Waals surface area contributed by atoms with Crippen LogP contribution in [-0.2, 0) is 0 Å². The summed E-state index contributed by atoms with van der Waals surface area (Å²) in [4.78, 5) is 2.37. The molecule has 4 nitrogen and oxygen atoms in total. The highest BCUT2D eigenvalue weighted by molar-refractivity contribution is 7.92. The first-order valence-corrected chi connectivity index (χ1v) is 7.64. The van der Waals surface area contributed by atoms with Crippen LogP contribution in [0.5, 0.6) is 11.5 Å². The molecule has 1 fully saturated rings. The average Bonchev–Trinajstić information content (AvgIpc) is 3.00. The Kier molecular flexibility index (Phi) is 3.16. The smallest absolute Gasteiger partial charge is 0.149 e. The van der Waals surface area contributed by atoms with E-state index in [1.54, 1.807) is 7.11 Å². The van der Waals surface area contributed by atoms with Crippen molar-refractivity contribution < 1.29 is 8.92 Å². The fourth-order valence-electron chi connectivity index (χ4n) is 2.86. The summed E-state index contributed by atoms with van der Waals surface area (Å²) in [7, 11) is 1.70. The second-order valence-corrected chi connectivity index (χ2v) is 5.98. The van der Waals surface area contributed by atoms with Gasteiger partial charge in [-0.3, -0.25) is 0 Å². The van der Waals surface area contributed by atoms with Gasteiger partial charge in [0.15, 0.2) is 0 Å². The predicted molar refractivity (Wildman–Crippen MR) is 84.4 cm³/mol. The van der Waals surface area contributed by atoms with Crippen LogP contribution in [0.4, 0.5) is 5.69 Å². The van der Waals surface area contributed by atoms with Crippen molar-refractivity contribution in [3.8, 4) is 11.5 Å². The third kappa shape index (κ3) is 2.22. The molecule has 2 aromatic rings. The van der Waals surface area contributed by atoms with Crippen molar-refractivity contribution in [2.24, 2.45) is 0 Å². The van der Waals surface area contributed by atoms with Crippen LogP contribution in [0.2, 0.25) is 0 Å². The summed E-state index contributed by atoms with van der Waals surface area (Å²) in [5.74, 6) is 1.82. The summed E-state index contributed by atoms with van der Waals surface area (Å²) < 4.78 is 13.4.